The molecule has 4 rings (SSSR count). The van der Waals surface area contributed by atoms with Gasteiger partial charge in [0.1, 0.15) is 17.3 Å². The van der Waals surface area contributed by atoms with E-state index in [2.05, 4.69) is 20.6 Å². The average Bonchev–Trinajstić information content (AvgIpc) is 2.81. The van der Waals surface area contributed by atoms with Crippen LogP contribution in [0.3, 0.4) is 0 Å². The van der Waals surface area contributed by atoms with Crippen molar-refractivity contribution in [1.82, 2.24) is 9.97 Å². The molecule has 0 saturated heterocycles. The highest BCUT2D eigenvalue weighted by atomic mass is 16.5. The predicted molar refractivity (Wildman–Crippen MR) is 132 cm³/mol. The first kappa shape index (κ1) is 21.8. The van der Waals surface area contributed by atoms with E-state index >= 15 is 0 Å². The molecule has 3 aromatic carbocycles. The molecular weight excluding hydrogens is 414 g/mol. The summed E-state index contributed by atoms with van der Waals surface area (Å²) in [6.45, 7) is 1.93. The minimum Gasteiger partial charge on any atom is -0.457 e. The lowest BCUT2D eigenvalue weighted by molar-refractivity contribution is 0.102. The van der Waals surface area contributed by atoms with Crippen LogP contribution in [-0.4, -0.2) is 30.0 Å². The van der Waals surface area contributed by atoms with Crippen LogP contribution in [0, 0.1) is 6.92 Å². The van der Waals surface area contributed by atoms with Crippen molar-refractivity contribution in [3.63, 3.8) is 0 Å². The molecule has 1 amide bonds. The number of carbonyl (C=O) groups is 1. The van der Waals surface area contributed by atoms with E-state index in [0.717, 1.165) is 17.2 Å². The van der Waals surface area contributed by atoms with Crippen LogP contribution in [0.1, 0.15) is 16.1 Å². The van der Waals surface area contributed by atoms with Gasteiger partial charge in [0, 0.05) is 37.2 Å². The number of aryl methyl sites for hydroxylation is 1. The van der Waals surface area contributed by atoms with Crippen LogP contribution in [0.15, 0.2) is 84.9 Å². The Hall–Kier alpha value is -4.39. The number of benzene rings is 3. The summed E-state index contributed by atoms with van der Waals surface area (Å²) in [5.74, 6) is 2.25. The van der Waals surface area contributed by atoms with E-state index in [4.69, 9.17) is 4.74 Å². The molecule has 1 aromatic heterocycles. The zero-order valence-corrected chi connectivity index (χ0v) is 18.7. The van der Waals surface area contributed by atoms with Gasteiger partial charge in [-0.25, -0.2) is 4.98 Å². The Morgan fingerprint density at radius 1 is 0.848 bits per heavy atom. The van der Waals surface area contributed by atoms with Gasteiger partial charge in [0.2, 0.25) is 5.95 Å². The molecule has 2 N–H and O–H groups in total. The summed E-state index contributed by atoms with van der Waals surface area (Å²) in [5.41, 5.74) is 2.81. The third-order valence-corrected chi connectivity index (χ3v) is 4.80. The number of carbonyl (C=O) groups excluding carboxylic acids is 1. The Kier molecular flexibility index (Phi) is 6.50. The Labute approximate surface area is 193 Å². The maximum Gasteiger partial charge on any atom is 0.259 e. The molecule has 0 aliphatic heterocycles. The minimum absolute atomic E-state index is 0.250. The molecule has 7 nitrogen and oxygen atoms in total. The number of nitrogens with zero attached hydrogens (tertiary/aromatic N) is 3. The molecule has 0 fully saturated rings. The van der Waals surface area contributed by atoms with Crippen LogP contribution in [0.4, 0.5) is 23.1 Å². The average molecular weight is 440 g/mol. The van der Waals surface area contributed by atoms with Gasteiger partial charge in [-0.3, -0.25) is 4.79 Å². The van der Waals surface area contributed by atoms with E-state index in [1.807, 2.05) is 98.7 Å². The highest BCUT2D eigenvalue weighted by Gasteiger charge is 2.13. The van der Waals surface area contributed by atoms with Crippen LogP contribution in [0.5, 0.6) is 11.5 Å². The minimum atomic E-state index is -0.250. The zero-order chi connectivity index (χ0) is 23.2. The molecular formula is C26H25N5O2. The van der Waals surface area contributed by atoms with Gasteiger partial charge in [0.05, 0.1) is 5.56 Å². The van der Waals surface area contributed by atoms with Gasteiger partial charge < -0.3 is 20.3 Å². The molecule has 0 unspecified atom stereocenters. The fraction of sp³-hybridized carbons (Fsp3) is 0.115. The molecule has 0 radical (unpaired) electrons. The lowest BCUT2D eigenvalue weighted by Crippen LogP contribution is -2.13. The van der Waals surface area contributed by atoms with Crippen molar-refractivity contribution in [2.24, 2.45) is 0 Å². The number of para-hydroxylation sites is 2. The fourth-order valence-corrected chi connectivity index (χ4v) is 3.16. The first-order valence-corrected chi connectivity index (χ1v) is 10.5. The van der Waals surface area contributed by atoms with Gasteiger partial charge in [0.15, 0.2) is 0 Å². The van der Waals surface area contributed by atoms with Crippen molar-refractivity contribution < 1.29 is 9.53 Å². The molecule has 166 valence electrons. The van der Waals surface area contributed by atoms with E-state index in [0.29, 0.717) is 28.7 Å². The normalized spacial score (nSPS) is 10.4. The monoisotopic (exact) mass is 439 g/mol. The first-order valence-electron chi connectivity index (χ1n) is 10.5. The molecule has 0 atom stereocenters. The number of nitrogens with one attached hydrogen (secondary N) is 2. The van der Waals surface area contributed by atoms with E-state index in [1.54, 1.807) is 12.1 Å². The highest BCUT2D eigenvalue weighted by Crippen LogP contribution is 2.26. The number of ether oxygens (including phenoxy) is 1. The molecule has 4 aromatic rings. The Bertz CT molecular complexity index is 1240. The number of hydrogen-bond acceptors (Lipinski definition) is 6. The SMILES string of the molecule is Cc1cc(N(C)C)nc(Nc2ccc(NC(=O)c3ccccc3Oc3ccccc3)cc2)n1. The van der Waals surface area contributed by atoms with Crippen molar-refractivity contribution >= 4 is 29.0 Å². The maximum atomic E-state index is 12.9. The third-order valence-electron chi connectivity index (χ3n) is 4.80. The molecule has 0 spiro atoms. The third kappa shape index (κ3) is 5.65. The smallest absolute Gasteiger partial charge is 0.259 e. The van der Waals surface area contributed by atoms with Gasteiger partial charge in [-0.1, -0.05) is 30.3 Å². The fourth-order valence-electron chi connectivity index (χ4n) is 3.16. The Morgan fingerprint density at radius 3 is 2.24 bits per heavy atom. The molecule has 1 heterocycles. The van der Waals surface area contributed by atoms with Crippen molar-refractivity contribution in [3.8, 4) is 11.5 Å². The standard InChI is InChI=1S/C26H25N5O2/c1-18-17-24(31(2)3)30-26(27-18)29-20-15-13-19(14-16-20)28-25(32)22-11-7-8-12-23(22)33-21-9-5-4-6-10-21/h4-17H,1-3H3,(H,28,32)(H,27,29,30). The summed E-state index contributed by atoms with van der Waals surface area (Å²) >= 11 is 0. The predicted octanol–water partition coefficient (Wildman–Crippen LogP) is 5.64. The molecule has 0 aliphatic rings. The topological polar surface area (TPSA) is 79.4 Å². The summed E-state index contributed by atoms with van der Waals surface area (Å²) < 4.78 is 5.90. The second kappa shape index (κ2) is 9.82. The van der Waals surface area contributed by atoms with Crippen LogP contribution < -0.4 is 20.3 Å². The van der Waals surface area contributed by atoms with Crippen LogP contribution in [-0.2, 0) is 0 Å². The largest absolute Gasteiger partial charge is 0.457 e. The summed E-state index contributed by atoms with van der Waals surface area (Å²) in [6, 6.07) is 25.8. The van der Waals surface area contributed by atoms with Gasteiger partial charge >= 0.3 is 0 Å². The van der Waals surface area contributed by atoms with Gasteiger partial charge in [0.25, 0.3) is 5.91 Å². The lowest BCUT2D eigenvalue weighted by Gasteiger charge is -2.14. The number of amides is 1. The van der Waals surface area contributed by atoms with Crippen molar-refractivity contribution in [2.45, 2.75) is 6.92 Å². The molecule has 0 saturated carbocycles. The van der Waals surface area contributed by atoms with Crippen molar-refractivity contribution in [2.75, 3.05) is 29.6 Å². The lowest BCUT2D eigenvalue weighted by atomic mass is 10.1. The van der Waals surface area contributed by atoms with E-state index in [-0.39, 0.29) is 5.91 Å². The summed E-state index contributed by atoms with van der Waals surface area (Å²) in [6.07, 6.45) is 0. The van der Waals surface area contributed by atoms with E-state index in [1.165, 1.54) is 0 Å². The summed E-state index contributed by atoms with van der Waals surface area (Å²) in [5, 5.41) is 6.13. The maximum absolute atomic E-state index is 12.9. The molecule has 0 aliphatic carbocycles. The molecule has 7 heteroatoms. The molecule has 0 bridgehead atoms. The number of anilines is 4. The summed E-state index contributed by atoms with van der Waals surface area (Å²) in [7, 11) is 3.87. The second-order valence-electron chi connectivity index (χ2n) is 7.65. The molecule has 33 heavy (non-hydrogen) atoms. The van der Waals surface area contributed by atoms with Gasteiger partial charge in [-0.15, -0.1) is 0 Å². The Balaban J connectivity index is 1.45. The van der Waals surface area contributed by atoms with Crippen molar-refractivity contribution in [3.05, 3.63) is 96.2 Å². The van der Waals surface area contributed by atoms with E-state index in [9.17, 15) is 4.79 Å². The van der Waals surface area contributed by atoms with Gasteiger partial charge in [-0.2, -0.15) is 4.98 Å². The van der Waals surface area contributed by atoms with Crippen molar-refractivity contribution in [1.29, 1.82) is 0 Å². The van der Waals surface area contributed by atoms with Crippen LogP contribution >= 0.6 is 0 Å². The number of rotatable bonds is 7. The number of hydrogen-bond donors (Lipinski definition) is 2. The van der Waals surface area contributed by atoms with Crippen LogP contribution in [0.2, 0.25) is 0 Å². The second-order valence-corrected chi connectivity index (χ2v) is 7.65. The quantitative estimate of drug-likeness (QED) is 0.388. The highest BCUT2D eigenvalue weighted by molar-refractivity contribution is 6.06. The first-order chi connectivity index (χ1) is 16.0. The Morgan fingerprint density at radius 2 is 1.52 bits per heavy atom. The zero-order valence-electron chi connectivity index (χ0n) is 18.7. The van der Waals surface area contributed by atoms with Gasteiger partial charge in [-0.05, 0) is 55.5 Å². The number of aromatic nitrogens is 2. The summed E-state index contributed by atoms with van der Waals surface area (Å²) in [4.78, 5) is 23.8. The van der Waals surface area contributed by atoms with Crippen LogP contribution in [0.25, 0.3) is 0 Å². The van der Waals surface area contributed by atoms with E-state index < -0.39 is 0 Å².